The van der Waals surface area contributed by atoms with Gasteiger partial charge in [0.2, 0.25) is 0 Å². The molecule has 74 valence electrons. The molecule has 0 bridgehead atoms. The van der Waals surface area contributed by atoms with Crippen LogP contribution < -0.4 is 4.72 Å². The number of amidine groups is 1. The summed E-state index contributed by atoms with van der Waals surface area (Å²) in [5, 5.41) is 0. The van der Waals surface area contributed by atoms with Gasteiger partial charge >= 0.3 is 6.02 Å². The lowest BCUT2D eigenvalue weighted by Crippen LogP contribution is -2.24. The summed E-state index contributed by atoms with van der Waals surface area (Å²) in [7, 11) is 0. The van der Waals surface area contributed by atoms with Crippen LogP contribution >= 0.6 is 11.9 Å². The molecule has 1 aromatic heterocycles. The lowest BCUT2D eigenvalue weighted by Gasteiger charge is -2.17. The maximum absolute atomic E-state index is 5.45. The molecule has 2 rings (SSSR count). The largest absolute Gasteiger partial charge is 0.462 e. The molecule has 0 amide bonds. The standard InChI is InChI=1S/C9H11N3OS/c1-6(2)13-9-11-7-3-4-10-5-8(7)14-12-9/h3-6H,1-2H3,(H,11,12). The first-order valence-electron chi connectivity index (χ1n) is 4.38. The highest BCUT2D eigenvalue weighted by molar-refractivity contribution is 7.98. The van der Waals surface area contributed by atoms with E-state index < -0.39 is 0 Å². The molecule has 0 fully saturated rings. The SMILES string of the molecule is CC(C)OC1=Nc2ccncc2SN1. The molecule has 1 aliphatic rings. The van der Waals surface area contributed by atoms with Gasteiger partial charge in [-0.25, -0.2) is 0 Å². The first-order chi connectivity index (χ1) is 6.75. The van der Waals surface area contributed by atoms with Crippen LogP contribution in [0.5, 0.6) is 0 Å². The van der Waals surface area contributed by atoms with Crippen LogP contribution in [0, 0.1) is 0 Å². The van der Waals surface area contributed by atoms with Crippen molar-refractivity contribution in [3.05, 3.63) is 18.5 Å². The first-order valence-corrected chi connectivity index (χ1v) is 5.19. The third-order valence-electron chi connectivity index (χ3n) is 1.58. The predicted molar refractivity (Wildman–Crippen MR) is 56.5 cm³/mol. The Balaban J connectivity index is 2.22. The van der Waals surface area contributed by atoms with Crippen LogP contribution in [-0.4, -0.2) is 17.1 Å². The van der Waals surface area contributed by atoms with Crippen LogP contribution in [0.15, 0.2) is 28.3 Å². The molecular formula is C9H11N3OS. The molecule has 4 nitrogen and oxygen atoms in total. The van der Waals surface area contributed by atoms with Crippen LogP contribution in [0.25, 0.3) is 0 Å². The van der Waals surface area contributed by atoms with Gasteiger partial charge in [0.25, 0.3) is 0 Å². The van der Waals surface area contributed by atoms with Gasteiger partial charge in [-0.2, -0.15) is 4.99 Å². The van der Waals surface area contributed by atoms with Crippen molar-refractivity contribution in [2.45, 2.75) is 24.8 Å². The van der Waals surface area contributed by atoms with Gasteiger partial charge in [-0.1, -0.05) is 0 Å². The van der Waals surface area contributed by atoms with Crippen LogP contribution in [0.3, 0.4) is 0 Å². The van der Waals surface area contributed by atoms with E-state index >= 15 is 0 Å². The number of hydrogen-bond donors (Lipinski definition) is 1. The highest BCUT2D eigenvalue weighted by Crippen LogP contribution is 2.29. The molecule has 14 heavy (non-hydrogen) atoms. The van der Waals surface area contributed by atoms with Gasteiger partial charge in [-0.05, 0) is 31.9 Å². The molecular weight excluding hydrogens is 198 g/mol. The topological polar surface area (TPSA) is 46.5 Å². The minimum absolute atomic E-state index is 0.130. The predicted octanol–water partition coefficient (Wildman–Crippen LogP) is 2.10. The van der Waals surface area contributed by atoms with Crippen molar-refractivity contribution in [1.29, 1.82) is 0 Å². The van der Waals surface area contributed by atoms with Crippen LogP contribution in [0.2, 0.25) is 0 Å². The molecule has 1 N–H and O–H groups in total. The van der Waals surface area contributed by atoms with Crippen molar-refractivity contribution in [3.63, 3.8) is 0 Å². The average Bonchev–Trinajstić information content (AvgIpc) is 2.17. The van der Waals surface area contributed by atoms with Crippen molar-refractivity contribution in [3.8, 4) is 0 Å². The Morgan fingerprint density at radius 1 is 1.50 bits per heavy atom. The average molecular weight is 209 g/mol. The summed E-state index contributed by atoms with van der Waals surface area (Å²) < 4.78 is 8.46. The summed E-state index contributed by atoms with van der Waals surface area (Å²) >= 11 is 1.47. The lowest BCUT2D eigenvalue weighted by molar-refractivity contribution is 0.222. The van der Waals surface area contributed by atoms with E-state index in [0.717, 1.165) is 10.6 Å². The monoisotopic (exact) mass is 209 g/mol. The molecule has 0 atom stereocenters. The molecule has 0 radical (unpaired) electrons. The van der Waals surface area contributed by atoms with E-state index in [9.17, 15) is 0 Å². The Labute approximate surface area is 86.9 Å². The summed E-state index contributed by atoms with van der Waals surface area (Å²) in [6, 6.07) is 2.43. The number of hydrogen-bond acceptors (Lipinski definition) is 5. The quantitative estimate of drug-likeness (QED) is 0.719. The molecule has 0 spiro atoms. The molecule has 0 unspecified atom stereocenters. The smallest absolute Gasteiger partial charge is 0.300 e. The summed E-state index contributed by atoms with van der Waals surface area (Å²) in [5.41, 5.74) is 0.902. The van der Waals surface area contributed by atoms with Gasteiger partial charge in [0.15, 0.2) is 0 Å². The first kappa shape index (κ1) is 9.33. The highest BCUT2D eigenvalue weighted by Gasteiger charge is 2.13. The molecule has 1 aromatic rings. The Hall–Kier alpha value is -1.23. The van der Waals surface area contributed by atoms with E-state index in [0.29, 0.717) is 6.02 Å². The van der Waals surface area contributed by atoms with Gasteiger partial charge in [0.1, 0.15) is 0 Å². The zero-order valence-electron chi connectivity index (χ0n) is 8.02. The number of pyridine rings is 1. The molecule has 5 heteroatoms. The highest BCUT2D eigenvalue weighted by atomic mass is 32.2. The van der Waals surface area contributed by atoms with E-state index in [1.54, 1.807) is 12.4 Å². The summed E-state index contributed by atoms with van der Waals surface area (Å²) in [5.74, 6) is 0. The molecule has 1 aliphatic heterocycles. The van der Waals surface area contributed by atoms with E-state index in [2.05, 4.69) is 14.7 Å². The maximum Gasteiger partial charge on any atom is 0.300 e. The number of rotatable bonds is 1. The number of nitrogens with zero attached hydrogens (tertiary/aromatic N) is 2. The Kier molecular flexibility index (Phi) is 2.58. The van der Waals surface area contributed by atoms with Gasteiger partial charge < -0.3 is 4.74 Å². The normalized spacial score (nSPS) is 14.4. The molecule has 0 aliphatic carbocycles. The van der Waals surface area contributed by atoms with E-state index in [4.69, 9.17) is 4.74 Å². The number of aliphatic imine (C=N–C) groups is 1. The molecule has 0 saturated heterocycles. The van der Waals surface area contributed by atoms with Crippen LogP contribution in [0.4, 0.5) is 5.69 Å². The van der Waals surface area contributed by atoms with E-state index in [1.165, 1.54) is 11.9 Å². The van der Waals surface area contributed by atoms with Gasteiger partial charge in [0, 0.05) is 12.4 Å². The minimum Gasteiger partial charge on any atom is -0.462 e. The maximum atomic E-state index is 5.45. The fourth-order valence-electron chi connectivity index (χ4n) is 1.05. The second-order valence-corrected chi connectivity index (χ2v) is 3.98. The number of aromatic nitrogens is 1. The fraction of sp³-hybridized carbons (Fsp3) is 0.333. The fourth-order valence-corrected chi connectivity index (χ4v) is 1.67. The second-order valence-electron chi connectivity index (χ2n) is 3.13. The lowest BCUT2D eigenvalue weighted by atomic mass is 10.4. The van der Waals surface area contributed by atoms with E-state index in [-0.39, 0.29) is 6.10 Å². The summed E-state index contributed by atoms with van der Waals surface area (Å²) in [6.07, 6.45) is 3.63. The number of ether oxygens (including phenoxy) is 1. The van der Waals surface area contributed by atoms with E-state index in [1.807, 2.05) is 19.9 Å². The van der Waals surface area contributed by atoms with Crippen LogP contribution in [-0.2, 0) is 4.74 Å². The van der Waals surface area contributed by atoms with Crippen molar-refractivity contribution >= 4 is 23.7 Å². The molecule has 0 saturated carbocycles. The van der Waals surface area contributed by atoms with Gasteiger partial charge in [-0.15, -0.1) is 0 Å². The third kappa shape index (κ3) is 1.98. The number of nitrogens with one attached hydrogen (secondary N) is 1. The summed E-state index contributed by atoms with van der Waals surface area (Å²) in [4.78, 5) is 9.34. The van der Waals surface area contributed by atoms with Gasteiger partial charge in [-0.3, -0.25) is 9.71 Å². The number of fused-ring (bicyclic) bond motifs is 1. The van der Waals surface area contributed by atoms with Crippen molar-refractivity contribution in [2.24, 2.45) is 4.99 Å². The molecule has 0 aromatic carbocycles. The third-order valence-corrected chi connectivity index (χ3v) is 2.39. The van der Waals surface area contributed by atoms with Crippen LogP contribution in [0.1, 0.15) is 13.8 Å². The minimum atomic E-state index is 0.130. The van der Waals surface area contributed by atoms with Gasteiger partial charge in [0.05, 0.1) is 16.7 Å². The Bertz CT molecular complexity index is 365. The zero-order chi connectivity index (χ0) is 9.97. The second kappa shape index (κ2) is 3.88. The molecule has 2 heterocycles. The van der Waals surface area contributed by atoms with Crippen molar-refractivity contribution < 1.29 is 4.74 Å². The Morgan fingerprint density at radius 3 is 3.14 bits per heavy atom. The van der Waals surface area contributed by atoms with Crippen molar-refractivity contribution in [1.82, 2.24) is 9.71 Å². The Morgan fingerprint density at radius 2 is 2.36 bits per heavy atom. The zero-order valence-corrected chi connectivity index (χ0v) is 8.84. The summed E-state index contributed by atoms with van der Waals surface area (Å²) in [6.45, 7) is 3.94. The van der Waals surface area contributed by atoms with Crippen molar-refractivity contribution in [2.75, 3.05) is 0 Å².